The fourth-order valence-electron chi connectivity index (χ4n) is 3.54. The van der Waals surface area contributed by atoms with Gasteiger partial charge in [-0.3, -0.25) is 0 Å². The van der Waals surface area contributed by atoms with Gasteiger partial charge in [0.2, 0.25) is 0 Å². The smallest absolute Gasteiger partial charge is 0.175 e. The molecular weight excluding hydrogens is 322 g/mol. The Balaban J connectivity index is 1.83. The average Bonchev–Trinajstić information content (AvgIpc) is 3.00. The molecule has 0 radical (unpaired) electrons. The number of benzene rings is 2. The van der Waals surface area contributed by atoms with Crippen LogP contribution in [0.2, 0.25) is 0 Å². The Labute approximate surface area is 141 Å². The normalized spacial score (nSPS) is 18.7. The van der Waals surface area contributed by atoms with Crippen LogP contribution in [0.5, 0.6) is 0 Å². The summed E-state index contributed by atoms with van der Waals surface area (Å²) in [5.41, 5.74) is 4.41. The van der Waals surface area contributed by atoms with E-state index >= 15 is 0 Å². The second-order valence-electron chi connectivity index (χ2n) is 6.60. The highest BCUT2D eigenvalue weighted by molar-refractivity contribution is 7.90. The van der Waals surface area contributed by atoms with E-state index in [1.807, 2.05) is 24.3 Å². The second-order valence-corrected chi connectivity index (χ2v) is 8.62. The summed E-state index contributed by atoms with van der Waals surface area (Å²) in [6.45, 7) is 1.68. The number of sulfone groups is 1. The number of hydrogen-bond acceptors (Lipinski definition) is 4. The highest BCUT2D eigenvalue weighted by atomic mass is 32.2. The Morgan fingerprint density at radius 3 is 2.75 bits per heavy atom. The molecule has 1 aliphatic rings. The molecule has 0 saturated heterocycles. The minimum Gasteiger partial charge on any atom is -0.464 e. The zero-order valence-corrected chi connectivity index (χ0v) is 14.5. The molecule has 5 heteroatoms. The van der Waals surface area contributed by atoms with Crippen LogP contribution in [0.15, 0.2) is 58.0 Å². The molecule has 124 valence electrons. The van der Waals surface area contributed by atoms with Gasteiger partial charge < -0.3 is 9.32 Å². The van der Waals surface area contributed by atoms with Gasteiger partial charge in [-0.1, -0.05) is 12.1 Å². The summed E-state index contributed by atoms with van der Waals surface area (Å²) in [7, 11) is -1.12. The summed E-state index contributed by atoms with van der Waals surface area (Å²) in [6.07, 6.45) is 2.96. The molecule has 4 nitrogen and oxygen atoms in total. The van der Waals surface area contributed by atoms with Crippen molar-refractivity contribution in [3.8, 4) is 0 Å². The fourth-order valence-corrected chi connectivity index (χ4v) is 4.21. The molecule has 1 atom stereocenters. The summed E-state index contributed by atoms with van der Waals surface area (Å²) in [5, 5.41) is 1.09. The average molecular weight is 341 g/mol. The van der Waals surface area contributed by atoms with Gasteiger partial charge >= 0.3 is 0 Å². The van der Waals surface area contributed by atoms with Gasteiger partial charge in [0.05, 0.1) is 11.2 Å². The van der Waals surface area contributed by atoms with Crippen molar-refractivity contribution in [1.82, 2.24) is 4.90 Å². The predicted octanol–water partition coefficient (Wildman–Crippen LogP) is 3.41. The summed E-state index contributed by atoms with van der Waals surface area (Å²) >= 11 is 0. The lowest BCUT2D eigenvalue weighted by atomic mass is 9.84. The van der Waals surface area contributed by atoms with Gasteiger partial charge in [-0.05, 0) is 54.1 Å². The minimum absolute atomic E-state index is 0.228. The van der Waals surface area contributed by atoms with Crippen LogP contribution in [0, 0.1) is 0 Å². The van der Waals surface area contributed by atoms with Crippen LogP contribution in [-0.2, 0) is 16.4 Å². The Hall–Kier alpha value is -2.11. The molecule has 1 aliphatic heterocycles. The molecule has 0 spiro atoms. The lowest BCUT2D eigenvalue weighted by molar-refractivity contribution is 0.295. The van der Waals surface area contributed by atoms with E-state index in [4.69, 9.17) is 4.42 Å². The van der Waals surface area contributed by atoms with E-state index in [9.17, 15) is 8.42 Å². The number of likely N-dealkylation sites (N-methyl/N-ethyl adjacent to an activating group) is 1. The molecule has 2 aromatic carbocycles. The van der Waals surface area contributed by atoms with Gasteiger partial charge in [0.15, 0.2) is 9.84 Å². The van der Waals surface area contributed by atoms with E-state index in [2.05, 4.69) is 24.1 Å². The zero-order valence-electron chi connectivity index (χ0n) is 13.7. The number of nitrogens with zero attached hydrogens (tertiary/aromatic N) is 1. The van der Waals surface area contributed by atoms with Crippen molar-refractivity contribution in [2.24, 2.45) is 0 Å². The van der Waals surface area contributed by atoms with Gasteiger partial charge in [-0.2, -0.15) is 0 Å². The van der Waals surface area contributed by atoms with Gasteiger partial charge in [0, 0.05) is 30.6 Å². The molecule has 4 rings (SSSR count). The maximum Gasteiger partial charge on any atom is 0.175 e. The molecule has 0 bridgehead atoms. The SMILES string of the molecule is CN1Cc2cc(S(C)(=O)=O)ccc2C(c2ccc3occc3c2)C1. The maximum atomic E-state index is 11.8. The van der Waals surface area contributed by atoms with Gasteiger partial charge in [0.1, 0.15) is 5.58 Å². The summed E-state index contributed by atoms with van der Waals surface area (Å²) in [4.78, 5) is 2.62. The number of hydrogen-bond donors (Lipinski definition) is 0. The number of rotatable bonds is 2. The molecule has 1 unspecified atom stereocenters. The first-order valence-corrected chi connectivity index (χ1v) is 9.79. The van der Waals surface area contributed by atoms with Gasteiger partial charge in [0.25, 0.3) is 0 Å². The summed E-state index contributed by atoms with van der Waals surface area (Å²) in [5.74, 6) is 0.228. The molecule has 24 heavy (non-hydrogen) atoms. The van der Waals surface area contributed by atoms with Crippen molar-refractivity contribution in [2.45, 2.75) is 17.4 Å². The third-order valence-electron chi connectivity index (χ3n) is 4.73. The molecule has 2 heterocycles. The van der Waals surface area contributed by atoms with E-state index in [0.29, 0.717) is 4.90 Å². The predicted molar refractivity (Wildman–Crippen MR) is 93.9 cm³/mol. The Morgan fingerprint density at radius 2 is 1.96 bits per heavy atom. The molecular formula is C19H19NO3S. The molecule has 0 amide bonds. The lowest BCUT2D eigenvalue weighted by Crippen LogP contribution is -2.31. The zero-order chi connectivity index (χ0) is 16.9. The minimum atomic E-state index is -3.19. The highest BCUT2D eigenvalue weighted by Crippen LogP contribution is 2.35. The van der Waals surface area contributed by atoms with E-state index in [1.54, 1.807) is 12.3 Å². The van der Waals surface area contributed by atoms with Crippen LogP contribution in [0.4, 0.5) is 0 Å². The first-order chi connectivity index (χ1) is 11.4. The first kappa shape index (κ1) is 15.4. The fraction of sp³-hybridized carbons (Fsp3) is 0.263. The standard InChI is InChI=1S/C19H19NO3S/c1-20-11-15-10-16(24(2,21)22)4-5-17(15)18(12-20)13-3-6-19-14(9-13)7-8-23-19/h3-10,18H,11-12H2,1-2H3. The van der Waals surface area contributed by atoms with Crippen LogP contribution >= 0.6 is 0 Å². The van der Waals surface area contributed by atoms with Crippen LogP contribution in [-0.4, -0.2) is 33.2 Å². The van der Waals surface area contributed by atoms with Crippen molar-refractivity contribution in [2.75, 3.05) is 19.8 Å². The molecule has 1 aromatic heterocycles. The van der Waals surface area contributed by atoms with Crippen molar-refractivity contribution in [1.29, 1.82) is 0 Å². The van der Waals surface area contributed by atoms with Crippen LogP contribution in [0.1, 0.15) is 22.6 Å². The number of fused-ring (bicyclic) bond motifs is 2. The van der Waals surface area contributed by atoms with Gasteiger partial charge in [-0.15, -0.1) is 0 Å². The van der Waals surface area contributed by atoms with E-state index in [0.717, 1.165) is 29.6 Å². The molecule has 0 N–H and O–H groups in total. The first-order valence-electron chi connectivity index (χ1n) is 7.90. The van der Waals surface area contributed by atoms with E-state index in [1.165, 1.54) is 17.4 Å². The molecule has 3 aromatic rings. The topological polar surface area (TPSA) is 50.5 Å². The number of furan rings is 1. The Bertz CT molecular complexity index is 1020. The van der Waals surface area contributed by atoms with Crippen molar-refractivity contribution in [3.63, 3.8) is 0 Å². The van der Waals surface area contributed by atoms with Crippen LogP contribution < -0.4 is 0 Å². The quantitative estimate of drug-likeness (QED) is 0.717. The van der Waals surface area contributed by atoms with Crippen molar-refractivity contribution >= 4 is 20.8 Å². The third kappa shape index (κ3) is 2.64. The van der Waals surface area contributed by atoms with E-state index in [-0.39, 0.29) is 5.92 Å². The highest BCUT2D eigenvalue weighted by Gasteiger charge is 2.26. The molecule has 0 aliphatic carbocycles. The van der Waals surface area contributed by atoms with Crippen LogP contribution in [0.3, 0.4) is 0 Å². The van der Waals surface area contributed by atoms with E-state index < -0.39 is 9.84 Å². The van der Waals surface area contributed by atoms with Crippen LogP contribution in [0.25, 0.3) is 11.0 Å². The lowest BCUT2D eigenvalue weighted by Gasteiger charge is -2.33. The second kappa shape index (κ2) is 5.46. The van der Waals surface area contributed by atoms with Crippen molar-refractivity contribution < 1.29 is 12.8 Å². The monoisotopic (exact) mass is 341 g/mol. The maximum absolute atomic E-state index is 11.8. The molecule has 0 fully saturated rings. The van der Waals surface area contributed by atoms with Crippen molar-refractivity contribution in [3.05, 3.63) is 65.4 Å². The Kier molecular flexibility index (Phi) is 3.51. The third-order valence-corrected chi connectivity index (χ3v) is 5.84. The largest absolute Gasteiger partial charge is 0.464 e. The summed E-state index contributed by atoms with van der Waals surface area (Å²) in [6, 6.07) is 13.8. The summed E-state index contributed by atoms with van der Waals surface area (Å²) < 4.78 is 29.1. The van der Waals surface area contributed by atoms with Gasteiger partial charge in [-0.25, -0.2) is 8.42 Å². The molecule has 0 saturated carbocycles. The Morgan fingerprint density at radius 1 is 1.12 bits per heavy atom.